The molecule has 0 atom stereocenters. The Kier molecular flexibility index (Phi) is 8.48. The topological polar surface area (TPSA) is 49.3 Å². The Morgan fingerprint density at radius 3 is 1.83 bits per heavy atom. The molecule has 2 rings (SSSR count). The normalized spacial score (nSPS) is 11.6. The van der Waals surface area contributed by atoms with E-state index >= 15 is 0 Å². The highest BCUT2D eigenvalue weighted by atomic mass is 35.5. The van der Waals surface area contributed by atoms with Crippen LogP contribution in [0.5, 0.6) is 23.0 Å². The lowest BCUT2D eigenvalue weighted by Gasteiger charge is -2.12. The Hall–Kier alpha value is -2.58. The average molecular weight is 450 g/mol. The molecule has 156 valence electrons. The Balaban J connectivity index is 1.90. The van der Waals surface area contributed by atoms with E-state index in [0.29, 0.717) is 17.2 Å². The fourth-order valence-electron chi connectivity index (χ4n) is 1.97. The first-order chi connectivity index (χ1) is 13.8. The molecule has 2 aromatic carbocycles. The van der Waals surface area contributed by atoms with Gasteiger partial charge in [-0.05, 0) is 54.6 Å². The Bertz CT molecular complexity index is 834. The third-order valence-electron chi connectivity index (χ3n) is 3.28. The van der Waals surface area contributed by atoms with E-state index in [9.17, 15) is 13.2 Å². The zero-order chi connectivity index (χ0) is 21.3. The molecular weight excluding hydrogens is 434 g/mol. The van der Waals surface area contributed by atoms with Gasteiger partial charge < -0.3 is 19.0 Å². The van der Waals surface area contributed by atoms with Gasteiger partial charge in [0.1, 0.15) is 47.8 Å². The van der Waals surface area contributed by atoms with Crippen molar-refractivity contribution < 1.29 is 32.2 Å². The second-order valence-corrected chi connectivity index (χ2v) is 6.36. The Morgan fingerprint density at radius 1 is 0.897 bits per heavy atom. The quantitative estimate of drug-likeness (QED) is 0.341. The van der Waals surface area contributed by atoms with Crippen LogP contribution in [0.25, 0.3) is 0 Å². The lowest BCUT2D eigenvalue weighted by Crippen LogP contribution is -2.29. The zero-order valence-corrected chi connectivity index (χ0v) is 16.6. The monoisotopic (exact) mass is 449 g/mol. The molecule has 0 aliphatic carbocycles. The van der Waals surface area contributed by atoms with Crippen LogP contribution >= 0.6 is 23.2 Å². The maximum absolute atomic E-state index is 12.7. The van der Waals surface area contributed by atoms with Gasteiger partial charge in [0.2, 0.25) is 0 Å². The maximum atomic E-state index is 12.7. The Labute approximate surface area is 175 Å². The largest absolute Gasteiger partial charge is 0.489 e. The summed E-state index contributed by atoms with van der Waals surface area (Å²) in [5.41, 5.74) is -1.17. The summed E-state index contributed by atoms with van der Waals surface area (Å²) in [6, 6.07) is 12.9. The highest BCUT2D eigenvalue weighted by Crippen LogP contribution is 2.26. The molecule has 0 radical (unpaired) electrons. The summed E-state index contributed by atoms with van der Waals surface area (Å²) >= 11 is 11.0. The lowest BCUT2D eigenvalue weighted by molar-refractivity contribution is -0.0649. The van der Waals surface area contributed by atoms with E-state index in [0.717, 1.165) is 7.11 Å². The second-order valence-electron chi connectivity index (χ2n) is 5.36. The van der Waals surface area contributed by atoms with E-state index in [-0.39, 0.29) is 16.8 Å². The van der Waals surface area contributed by atoms with Crippen LogP contribution in [-0.4, -0.2) is 32.2 Å². The van der Waals surface area contributed by atoms with Gasteiger partial charge in [0.25, 0.3) is 0 Å². The standard InChI is InChI=1S/C19H16Cl2F3NO4/c1-26-25-17(19(22,23)24)12-28-14-4-8-16(9-5-14)29-15-6-2-13(3-7-15)27-11-10-18(20)21/h2-10H,11-12H2,1H3. The predicted octanol–water partition coefficient (Wildman–Crippen LogP) is 6.12. The number of ether oxygens (including phenoxy) is 3. The minimum Gasteiger partial charge on any atom is -0.489 e. The van der Waals surface area contributed by atoms with Gasteiger partial charge in [-0.1, -0.05) is 28.4 Å². The number of halogens is 5. The molecule has 2 aromatic rings. The smallest absolute Gasteiger partial charge is 0.436 e. The minimum atomic E-state index is -4.64. The third-order valence-corrected chi connectivity index (χ3v) is 3.58. The van der Waals surface area contributed by atoms with Crippen molar-refractivity contribution in [2.45, 2.75) is 6.18 Å². The number of benzene rings is 2. The fraction of sp³-hybridized carbons (Fsp3) is 0.211. The van der Waals surface area contributed by atoms with Crippen LogP contribution < -0.4 is 14.2 Å². The lowest BCUT2D eigenvalue weighted by atomic mass is 10.3. The van der Waals surface area contributed by atoms with Crippen LogP contribution in [0, 0.1) is 0 Å². The van der Waals surface area contributed by atoms with Crippen molar-refractivity contribution in [2.75, 3.05) is 20.3 Å². The van der Waals surface area contributed by atoms with Crippen LogP contribution in [0.1, 0.15) is 0 Å². The number of alkyl halides is 3. The maximum Gasteiger partial charge on any atom is 0.436 e. The molecular formula is C19H16Cl2F3NO4. The summed E-state index contributed by atoms with van der Waals surface area (Å²) in [4.78, 5) is 4.19. The molecule has 0 aromatic heterocycles. The molecule has 0 saturated heterocycles. The van der Waals surface area contributed by atoms with Gasteiger partial charge in [0, 0.05) is 0 Å². The second kappa shape index (κ2) is 10.8. The van der Waals surface area contributed by atoms with E-state index < -0.39 is 18.5 Å². The third kappa shape index (κ3) is 8.13. The molecule has 0 saturated carbocycles. The highest BCUT2D eigenvalue weighted by Gasteiger charge is 2.37. The molecule has 0 spiro atoms. The molecule has 0 N–H and O–H groups in total. The molecule has 29 heavy (non-hydrogen) atoms. The van der Waals surface area contributed by atoms with Gasteiger partial charge in [0.15, 0.2) is 5.71 Å². The van der Waals surface area contributed by atoms with Crippen molar-refractivity contribution in [2.24, 2.45) is 5.16 Å². The molecule has 0 bridgehead atoms. The first kappa shape index (κ1) is 22.7. The Morgan fingerprint density at radius 2 is 1.38 bits per heavy atom. The van der Waals surface area contributed by atoms with Crippen LogP contribution in [0.4, 0.5) is 13.2 Å². The number of rotatable bonds is 9. The van der Waals surface area contributed by atoms with E-state index in [4.69, 9.17) is 37.4 Å². The van der Waals surface area contributed by atoms with Crippen molar-refractivity contribution in [1.29, 1.82) is 0 Å². The zero-order valence-electron chi connectivity index (χ0n) is 15.1. The summed E-state index contributed by atoms with van der Waals surface area (Å²) in [6.07, 6.45) is -3.13. The molecule has 0 amide bonds. The summed E-state index contributed by atoms with van der Waals surface area (Å²) in [5.74, 6) is 1.85. The first-order valence-corrected chi connectivity index (χ1v) is 8.85. The van der Waals surface area contributed by atoms with Gasteiger partial charge in [-0.2, -0.15) is 13.2 Å². The van der Waals surface area contributed by atoms with Gasteiger partial charge in [0.05, 0.1) is 0 Å². The average Bonchev–Trinajstić information content (AvgIpc) is 2.66. The molecule has 0 fully saturated rings. The molecule has 0 aliphatic rings. The minimum absolute atomic E-state index is 0.123. The van der Waals surface area contributed by atoms with E-state index in [1.54, 1.807) is 36.4 Å². The molecule has 0 unspecified atom stereocenters. The number of oxime groups is 1. The van der Waals surface area contributed by atoms with Crippen molar-refractivity contribution in [3.63, 3.8) is 0 Å². The van der Waals surface area contributed by atoms with Crippen molar-refractivity contribution >= 4 is 28.9 Å². The highest BCUT2D eigenvalue weighted by molar-refractivity contribution is 6.55. The van der Waals surface area contributed by atoms with Gasteiger partial charge in [-0.15, -0.1) is 0 Å². The van der Waals surface area contributed by atoms with Crippen molar-refractivity contribution in [3.8, 4) is 23.0 Å². The summed E-state index contributed by atoms with van der Waals surface area (Å²) < 4.78 is 54.4. The van der Waals surface area contributed by atoms with Gasteiger partial charge >= 0.3 is 6.18 Å². The number of nitrogens with zero attached hydrogens (tertiary/aromatic N) is 1. The van der Waals surface area contributed by atoms with Crippen LogP contribution in [-0.2, 0) is 4.84 Å². The van der Waals surface area contributed by atoms with E-state index in [1.165, 1.54) is 18.2 Å². The van der Waals surface area contributed by atoms with Crippen LogP contribution in [0.3, 0.4) is 0 Å². The first-order valence-electron chi connectivity index (χ1n) is 8.10. The van der Waals surface area contributed by atoms with Gasteiger partial charge in [-0.3, -0.25) is 0 Å². The number of hydrogen-bond acceptors (Lipinski definition) is 5. The van der Waals surface area contributed by atoms with Crippen LogP contribution in [0.15, 0.2) is 64.3 Å². The van der Waals surface area contributed by atoms with Crippen molar-refractivity contribution in [1.82, 2.24) is 0 Å². The predicted molar refractivity (Wildman–Crippen MR) is 104 cm³/mol. The van der Waals surface area contributed by atoms with Gasteiger partial charge in [-0.25, -0.2) is 0 Å². The molecule has 10 heteroatoms. The fourth-order valence-corrected chi connectivity index (χ4v) is 2.09. The van der Waals surface area contributed by atoms with Crippen molar-refractivity contribution in [3.05, 3.63) is 59.1 Å². The summed E-state index contributed by atoms with van der Waals surface area (Å²) in [7, 11) is 1.03. The SMILES string of the molecule is CON=C(COc1ccc(Oc2ccc(OCC=C(Cl)Cl)cc2)cc1)C(F)(F)F. The molecule has 5 nitrogen and oxygen atoms in total. The van der Waals surface area contributed by atoms with Crippen LogP contribution in [0.2, 0.25) is 0 Å². The summed E-state index contributed by atoms with van der Waals surface area (Å²) in [6.45, 7) is -0.543. The van der Waals surface area contributed by atoms with E-state index in [2.05, 4.69) is 9.99 Å². The molecule has 0 heterocycles. The summed E-state index contributed by atoms with van der Waals surface area (Å²) in [5, 5.41) is 2.93. The number of hydrogen-bond donors (Lipinski definition) is 0. The van der Waals surface area contributed by atoms with E-state index in [1.807, 2.05) is 0 Å². The molecule has 0 aliphatic heterocycles.